The van der Waals surface area contributed by atoms with Crippen LogP contribution in [0.15, 0.2) is 18.2 Å². The molecule has 0 radical (unpaired) electrons. The average molecular weight is 295 g/mol. The summed E-state index contributed by atoms with van der Waals surface area (Å²) in [4.78, 5) is 11.7. The third-order valence-electron chi connectivity index (χ3n) is 2.19. The van der Waals surface area contributed by atoms with Gasteiger partial charge in [0.05, 0.1) is 10.6 Å². The summed E-state index contributed by atoms with van der Waals surface area (Å²) in [5.41, 5.74) is 0.295. The van der Waals surface area contributed by atoms with E-state index in [1.807, 2.05) is 0 Å². The van der Waals surface area contributed by atoms with Gasteiger partial charge in [0, 0.05) is 13.1 Å². The molecule has 0 heterocycles. The number of hydrogen-bond acceptors (Lipinski definition) is 2. The highest BCUT2D eigenvalue weighted by Crippen LogP contribution is 2.16. The first-order valence-corrected chi connectivity index (χ1v) is 5.97. The third-order valence-corrected chi connectivity index (χ3v) is 2.50. The zero-order chi connectivity index (χ0) is 12.7. The van der Waals surface area contributed by atoms with Gasteiger partial charge in [-0.25, -0.2) is 4.39 Å². The standard InChI is InChI=1S/C12H16ClFN2O.ClH/c1-2-5-15-6-7-16-12(17)10-4-3-9(14)8-11(10)13;/h3-4,8,15H,2,5-7H2,1H3,(H,16,17);1H. The summed E-state index contributed by atoms with van der Waals surface area (Å²) in [6.45, 7) is 4.22. The second kappa shape index (κ2) is 9.14. The average Bonchev–Trinajstić information content (AvgIpc) is 2.28. The van der Waals surface area contributed by atoms with Gasteiger partial charge in [-0.2, -0.15) is 0 Å². The lowest BCUT2D eigenvalue weighted by Crippen LogP contribution is -2.32. The van der Waals surface area contributed by atoms with Gasteiger partial charge in [0.15, 0.2) is 0 Å². The van der Waals surface area contributed by atoms with Crippen molar-refractivity contribution in [3.8, 4) is 0 Å². The number of hydrogen-bond donors (Lipinski definition) is 2. The smallest absolute Gasteiger partial charge is 0.252 e. The van der Waals surface area contributed by atoms with Crippen LogP contribution < -0.4 is 10.6 Å². The van der Waals surface area contributed by atoms with Crippen LogP contribution in [-0.2, 0) is 0 Å². The molecule has 6 heteroatoms. The van der Waals surface area contributed by atoms with E-state index in [-0.39, 0.29) is 23.3 Å². The molecule has 0 saturated heterocycles. The monoisotopic (exact) mass is 294 g/mol. The van der Waals surface area contributed by atoms with Crippen LogP contribution in [0.3, 0.4) is 0 Å². The van der Waals surface area contributed by atoms with Crippen LogP contribution in [0.5, 0.6) is 0 Å². The highest BCUT2D eigenvalue weighted by molar-refractivity contribution is 6.33. The van der Waals surface area contributed by atoms with Crippen molar-refractivity contribution in [2.24, 2.45) is 0 Å². The molecule has 18 heavy (non-hydrogen) atoms. The van der Waals surface area contributed by atoms with Gasteiger partial charge in [-0.3, -0.25) is 4.79 Å². The minimum absolute atomic E-state index is 0. The Morgan fingerprint density at radius 2 is 2.06 bits per heavy atom. The van der Waals surface area contributed by atoms with Crippen molar-refractivity contribution in [2.45, 2.75) is 13.3 Å². The van der Waals surface area contributed by atoms with E-state index in [1.165, 1.54) is 12.1 Å². The summed E-state index contributed by atoms with van der Waals surface area (Å²) < 4.78 is 12.8. The zero-order valence-corrected chi connectivity index (χ0v) is 11.7. The molecule has 1 amide bonds. The van der Waals surface area contributed by atoms with Gasteiger partial charge in [0.1, 0.15) is 5.82 Å². The van der Waals surface area contributed by atoms with E-state index in [4.69, 9.17) is 11.6 Å². The molecule has 0 aromatic heterocycles. The summed E-state index contributed by atoms with van der Waals surface area (Å²) >= 11 is 5.77. The van der Waals surface area contributed by atoms with Crippen molar-refractivity contribution in [3.05, 3.63) is 34.6 Å². The fourth-order valence-corrected chi connectivity index (χ4v) is 1.59. The van der Waals surface area contributed by atoms with E-state index in [0.29, 0.717) is 18.7 Å². The van der Waals surface area contributed by atoms with E-state index in [2.05, 4.69) is 17.6 Å². The number of carbonyl (C=O) groups is 1. The molecular weight excluding hydrogens is 278 g/mol. The number of halogens is 3. The van der Waals surface area contributed by atoms with Gasteiger partial charge in [-0.15, -0.1) is 12.4 Å². The largest absolute Gasteiger partial charge is 0.351 e. The van der Waals surface area contributed by atoms with E-state index >= 15 is 0 Å². The van der Waals surface area contributed by atoms with Gasteiger partial charge >= 0.3 is 0 Å². The molecule has 2 N–H and O–H groups in total. The fraction of sp³-hybridized carbons (Fsp3) is 0.417. The lowest BCUT2D eigenvalue weighted by atomic mass is 10.2. The quantitative estimate of drug-likeness (QED) is 0.792. The SMILES string of the molecule is CCCNCCNC(=O)c1ccc(F)cc1Cl.Cl. The van der Waals surface area contributed by atoms with Gasteiger partial charge < -0.3 is 10.6 Å². The Hall–Kier alpha value is -0.840. The van der Waals surface area contributed by atoms with Crippen LogP contribution >= 0.6 is 24.0 Å². The molecule has 0 aliphatic carbocycles. The summed E-state index contributed by atoms with van der Waals surface area (Å²) in [5, 5.41) is 6.00. The lowest BCUT2D eigenvalue weighted by Gasteiger charge is -2.07. The molecule has 0 bridgehead atoms. The van der Waals surface area contributed by atoms with Gasteiger partial charge in [-0.1, -0.05) is 18.5 Å². The van der Waals surface area contributed by atoms with Crippen molar-refractivity contribution in [1.82, 2.24) is 10.6 Å². The van der Waals surface area contributed by atoms with Crippen molar-refractivity contribution in [1.29, 1.82) is 0 Å². The summed E-state index contributed by atoms with van der Waals surface area (Å²) in [5.74, 6) is -0.732. The maximum absolute atomic E-state index is 12.8. The summed E-state index contributed by atoms with van der Waals surface area (Å²) in [6, 6.07) is 3.73. The van der Waals surface area contributed by atoms with Crippen molar-refractivity contribution in [2.75, 3.05) is 19.6 Å². The molecular formula is C12H17Cl2FN2O. The molecule has 102 valence electrons. The predicted molar refractivity (Wildman–Crippen MR) is 74.2 cm³/mol. The number of benzene rings is 1. The van der Waals surface area contributed by atoms with Crippen molar-refractivity contribution < 1.29 is 9.18 Å². The molecule has 0 atom stereocenters. The van der Waals surface area contributed by atoms with Gasteiger partial charge in [-0.05, 0) is 31.2 Å². The van der Waals surface area contributed by atoms with Crippen LogP contribution in [0.2, 0.25) is 5.02 Å². The molecule has 0 fully saturated rings. The first-order chi connectivity index (χ1) is 8.15. The molecule has 0 aliphatic heterocycles. The fourth-order valence-electron chi connectivity index (χ4n) is 1.34. The molecule has 0 spiro atoms. The maximum atomic E-state index is 12.8. The number of nitrogens with one attached hydrogen (secondary N) is 2. The second-order valence-electron chi connectivity index (χ2n) is 3.63. The van der Waals surface area contributed by atoms with Crippen molar-refractivity contribution >= 4 is 29.9 Å². The Morgan fingerprint density at radius 1 is 1.33 bits per heavy atom. The van der Waals surface area contributed by atoms with Gasteiger partial charge in [0.2, 0.25) is 0 Å². The molecule has 0 unspecified atom stereocenters. The van der Waals surface area contributed by atoms with E-state index < -0.39 is 5.82 Å². The Kier molecular flexibility index (Phi) is 8.71. The topological polar surface area (TPSA) is 41.1 Å². The zero-order valence-electron chi connectivity index (χ0n) is 10.1. The van der Waals surface area contributed by atoms with E-state index in [0.717, 1.165) is 19.0 Å². The Bertz CT molecular complexity index is 388. The Morgan fingerprint density at radius 3 is 2.67 bits per heavy atom. The highest BCUT2D eigenvalue weighted by atomic mass is 35.5. The highest BCUT2D eigenvalue weighted by Gasteiger charge is 2.09. The second-order valence-corrected chi connectivity index (χ2v) is 4.04. The van der Waals surface area contributed by atoms with Crippen molar-refractivity contribution in [3.63, 3.8) is 0 Å². The minimum atomic E-state index is -0.448. The van der Waals surface area contributed by atoms with Crippen LogP contribution in [0.25, 0.3) is 0 Å². The van der Waals surface area contributed by atoms with Crippen LogP contribution in [0.4, 0.5) is 4.39 Å². The molecule has 1 aromatic carbocycles. The molecule has 0 aliphatic rings. The van der Waals surface area contributed by atoms with Crippen LogP contribution in [0.1, 0.15) is 23.7 Å². The number of amides is 1. The Balaban J connectivity index is 0.00000289. The molecule has 1 aromatic rings. The predicted octanol–water partition coefficient (Wildman–Crippen LogP) is 2.63. The Labute approximate surface area is 118 Å². The molecule has 1 rings (SSSR count). The van der Waals surface area contributed by atoms with E-state index in [9.17, 15) is 9.18 Å². The first kappa shape index (κ1) is 17.2. The van der Waals surface area contributed by atoms with E-state index in [1.54, 1.807) is 0 Å². The number of carbonyl (C=O) groups excluding carboxylic acids is 1. The normalized spacial score (nSPS) is 9.72. The number of rotatable bonds is 6. The molecule has 0 saturated carbocycles. The molecule has 3 nitrogen and oxygen atoms in total. The lowest BCUT2D eigenvalue weighted by molar-refractivity contribution is 0.0954. The van der Waals surface area contributed by atoms with Crippen LogP contribution in [0, 0.1) is 5.82 Å². The maximum Gasteiger partial charge on any atom is 0.252 e. The minimum Gasteiger partial charge on any atom is -0.351 e. The summed E-state index contributed by atoms with van der Waals surface area (Å²) in [7, 11) is 0. The third kappa shape index (κ3) is 5.67. The summed E-state index contributed by atoms with van der Waals surface area (Å²) in [6.07, 6.45) is 1.05. The van der Waals surface area contributed by atoms with Crippen LogP contribution in [-0.4, -0.2) is 25.5 Å². The first-order valence-electron chi connectivity index (χ1n) is 5.59. The van der Waals surface area contributed by atoms with Gasteiger partial charge in [0.25, 0.3) is 5.91 Å².